The molecule has 0 saturated carbocycles. The van der Waals surface area contributed by atoms with Gasteiger partial charge in [-0.05, 0) is 17.7 Å². The summed E-state index contributed by atoms with van der Waals surface area (Å²) in [5, 5.41) is 0. The molecule has 1 heterocycles. The molecule has 13 heavy (non-hydrogen) atoms. The molecule has 1 aliphatic heterocycles. The van der Waals surface area contributed by atoms with Crippen molar-refractivity contribution < 1.29 is 4.21 Å². The molecule has 70 valence electrons. The zero-order chi connectivity index (χ0) is 9.10. The van der Waals surface area contributed by atoms with Gasteiger partial charge in [-0.1, -0.05) is 30.3 Å². The monoisotopic (exact) mass is 212 g/mol. The van der Waals surface area contributed by atoms with Crippen LogP contribution in [0.15, 0.2) is 30.3 Å². The van der Waals surface area contributed by atoms with E-state index in [0.717, 1.165) is 17.9 Å². The molecule has 0 aromatic heterocycles. The third-order valence-electron chi connectivity index (χ3n) is 2.07. The van der Waals surface area contributed by atoms with Crippen molar-refractivity contribution in [1.82, 2.24) is 0 Å². The molecule has 1 saturated heterocycles. The molecule has 1 fully saturated rings. The molecule has 1 nitrogen and oxygen atoms in total. The molecule has 2 rings (SSSR count). The number of hydrogen-bond donors (Lipinski definition) is 0. The summed E-state index contributed by atoms with van der Waals surface area (Å²) in [6.07, 6.45) is 1.10. The molecule has 3 heteroatoms. The van der Waals surface area contributed by atoms with E-state index >= 15 is 0 Å². The van der Waals surface area contributed by atoms with Gasteiger partial charge in [0.05, 0.1) is 0 Å². The van der Waals surface area contributed by atoms with Gasteiger partial charge in [0.25, 0.3) is 0 Å². The Labute approximate surface area is 85.4 Å². The summed E-state index contributed by atoms with van der Waals surface area (Å²) < 4.78 is 11.9. The predicted molar refractivity (Wildman–Crippen MR) is 59.3 cm³/mol. The lowest BCUT2D eigenvalue weighted by atomic mass is 10.2. The predicted octanol–water partition coefficient (Wildman–Crippen LogP) is 2.57. The maximum atomic E-state index is 11.7. The zero-order valence-electron chi connectivity index (χ0n) is 7.31. The Kier molecular flexibility index (Phi) is 3.06. The van der Waals surface area contributed by atoms with Crippen LogP contribution in [-0.4, -0.2) is 15.7 Å². The summed E-state index contributed by atoms with van der Waals surface area (Å²) >= 11 is 1.82. The molecular formula is C10H12OS2. The third kappa shape index (κ3) is 2.15. The highest BCUT2D eigenvalue weighted by atomic mass is 32.2. The van der Waals surface area contributed by atoms with E-state index in [1.807, 2.05) is 30.0 Å². The second-order valence-electron chi connectivity index (χ2n) is 3.05. The minimum atomic E-state index is -0.666. The Balaban J connectivity index is 2.20. The molecule has 0 bridgehead atoms. The van der Waals surface area contributed by atoms with Crippen LogP contribution in [0.25, 0.3) is 0 Å². The minimum Gasteiger partial charge on any atom is -0.258 e. The van der Waals surface area contributed by atoms with E-state index in [4.69, 9.17) is 0 Å². The smallest absolute Gasteiger partial charge is 0.105 e. The standard InChI is InChI=1S/C10H12OS2/c11-13-8-4-7-12-10(13)9-5-2-1-3-6-9/h1-3,5-6,10H,4,7-8H2/t10-,13-/m0/s1. The van der Waals surface area contributed by atoms with Crippen LogP contribution in [0.5, 0.6) is 0 Å². The molecule has 0 spiro atoms. The molecule has 0 aliphatic carbocycles. The lowest BCUT2D eigenvalue weighted by Crippen LogP contribution is -2.13. The molecular weight excluding hydrogens is 200 g/mol. The Morgan fingerprint density at radius 2 is 2.08 bits per heavy atom. The van der Waals surface area contributed by atoms with Crippen LogP contribution in [0.1, 0.15) is 16.6 Å². The van der Waals surface area contributed by atoms with Gasteiger partial charge in [-0.15, -0.1) is 11.8 Å². The van der Waals surface area contributed by atoms with Crippen molar-refractivity contribution in [3.63, 3.8) is 0 Å². The number of benzene rings is 1. The van der Waals surface area contributed by atoms with E-state index in [0.29, 0.717) is 0 Å². The van der Waals surface area contributed by atoms with Crippen molar-refractivity contribution in [2.75, 3.05) is 11.5 Å². The minimum absolute atomic E-state index is 0.218. The molecule has 0 amide bonds. The van der Waals surface area contributed by atoms with Gasteiger partial charge >= 0.3 is 0 Å². The van der Waals surface area contributed by atoms with Crippen LogP contribution in [0.2, 0.25) is 0 Å². The van der Waals surface area contributed by atoms with E-state index < -0.39 is 10.8 Å². The molecule has 2 atom stereocenters. The van der Waals surface area contributed by atoms with E-state index in [2.05, 4.69) is 12.1 Å². The summed E-state index contributed by atoms with van der Waals surface area (Å²) in [5.74, 6) is 2.01. The first-order chi connectivity index (χ1) is 6.38. The fourth-order valence-corrected chi connectivity index (χ4v) is 4.78. The van der Waals surface area contributed by atoms with E-state index in [9.17, 15) is 4.21 Å². The van der Waals surface area contributed by atoms with Crippen molar-refractivity contribution in [2.24, 2.45) is 0 Å². The van der Waals surface area contributed by atoms with Gasteiger partial charge in [0.2, 0.25) is 0 Å². The van der Waals surface area contributed by atoms with Crippen molar-refractivity contribution in [1.29, 1.82) is 0 Å². The highest BCUT2D eigenvalue weighted by molar-refractivity contribution is 8.11. The second kappa shape index (κ2) is 4.29. The largest absolute Gasteiger partial charge is 0.258 e. The quantitative estimate of drug-likeness (QED) is 0.711. The van der Waals surface area contributed by atoms with Gasteiger partial charge in [-0.25, -0.2) is 0 Å². The van der Waals surface area contributed by atoms with Gasteiger partial charge < -0.3 is 0 Å². The Morgan fingerprint density at radius 1 is 1.31 bits per heavy atom. The highest BCUT2D eigenvalue weighted by Gasteiger charge is 2.22. The topological polar surface area (TPSA) is 17.1 Å². The van der Waals surface area contributed by atoms with Crippen molar-refractivity contribution in [3.05, 3.63) is 35.9 Å². The molecule has 1 aromatic rings. The number of rotatable bonds is 1. The van der Waals surface area contributed by atoms with Crippen LogP contribution in [0.3, 0.4) is 0 Å². The van der Waals surface area contributed by atoms with Crippen LogP contribution < -0.4 is 0 Å². The SMILES string of the molecule is O=[S@]1CCCS[C@@H]1c1ccccc1. The molecule has 0 unspecified atom stereocenters. The average Bonchev–Trinajstić information content (AvgIpc) is 2.20. The first kappa shape index (κ1) is 9.28. The summed E-state index contributed by atoms with van der Waals surface area (Å²) in [5.41, 5.74) is 1.21. The normalized spacial score (nSPS) is 28.6. The molecule has 1 aromatic carbocycles. The van der Waals surface area contributed by atoms with Crippen molar-refractivity contribution >= 4 is 22.6 Å². The van der Waals surface area contributed by atoms with Crippen LogP contribution >= 0.6 is 11.8 Å². The summed E-state index contributed by atoms with van der Waals surface area (Å²) in [4.78, 5) is 0. The van der Waals surface area contributed by atoms with Crippen molar-refractivity contribution in [2.45, 2.75) is 11.0 Å². The Bertz CT molecular complexity index is 297. The molecule has 0 N–H and O–H groups in total. The third-order valence-corrected chi connectivity index (χ3v) is 5.66. The zero-order valence-corrected chi connectivity index (χ0v) is 8.94. The van der Waals surface area contributed by atoms with Crippen molar-refractivity contribution in [3.8, 4) is 0 Å². The van der Waals surface area contributed by atoms with E-state index in [-0.39, 0.29) is 4.58 Å². The first-order valence-corrected chi connectivity index (χ1v) is 6.85. The van der Waals surface area contributed by atoms with Gasteiger partial charge in [-0.2, -0.15) is 0 Å². The van der Waals surface area contributed by atoms with E-state index in [1.54, 1.807) is 0 Å². The van der Waals surface area contributed by atoms with Crippen LogP contribution in [0.4, 0.5) is 0 Å². The second-order valence-corrected chi connectivity index (χ2v) is 6.20. The number of thioether (sulfide) groups is 1. The fraction of sp³-hybridized carbons (Fsp3) is 0.400. The summed E-state index contributed by atoms with van der Waals surface area (Å²) in [6, 6.07) is 10.2. The average molecular weight is 212 g/mol. The van der Waals surface area contributed by atoms with Gasteiger partial charge in [0, 0.05) is 16.6 Å². The highest BCUT2D eigenvalue weighted by Crippen LogP contribution is 2.36. The van der Waals surface area contributed by atoms with Gasteiger partial charge in [-0.3, -0.25) is 4.21 Å². The fourth-order valence-electron chi connectivity index (χ4n) is 1.43. The van der Waals surface area contributed by atoms with Gasteiger partial charge in [0.15, 0.2) is 0 Å². The van der Waals surface area contributed by atoms with E-state index in [1.165, 1.54) is 5.56 Å². The lowest BCUT2D eigenvalue weighted by Gasteiger charge is -2.20. The maximum Gasteiger partial charge on any atom is 0.105 e. The molecule has 0 radical (unpaired) electrons. The first-order valence-electron chi connectivity index (χ1n) is 4.41. The Morgan fingerprint density at radius 3 is 2.77 bits per heavy atom. The Hall–Kier alpha value is -0.280. The summed E-state index contributed by atoms with van der Waals surface area (Å²) in [7, 11) is -0.666. The summed E-state index contributed by atoms with van der Waals surface area (Å²) in [6.45, 7) is 0. The van der Waals surface area contributed by atoms with Crippen LogP contribution in [-0.2, 0) is 10.8 Å². The number of hydrogen-bond acceptors (Lipinski definition) is 2. The maximum absolute atomic E-state index is 11.7. The lowest BCUT2D eigenvalue weighted by molar-refractivity contribution is 0.679. The molecule has 1 aliphatic rings. The van der Waals surface area contributed by atoms with Gasteiger partial charge in [0.1, 0.15) is 4.58 Å². The van der Waals surface area contributed by atoms with Crippen LogP contribution in [0, 0.1) is 0 Å².